The molecule has 0 heterocycles. The fourth-order valence-corrected chi connectivity index (χ4v) is 5.72. The average molecular weight is 365 g/mol. The molecule has 152 valence electrons. The molecular weight excluding hydrogens is 320 g/mol. The highest BCUT2D eigenvalue weighted by molar-refractivity contribution is 5.82. The summed E-state index contributed by atoms with van der Waals surface area (Å²) in [5.41, 5.74) is 0.124. The van der Waals surface area contributed by atoms with Crippen LogP contribution in [0.1, 0.15) is 123 Å². The van der Waals surface area contributed by atoms with Crippen LogP contribution in [0.25, 0.3) is 0 Å². The highest BCUT2D eigenvalue weighted by Crippen LogP contribution is 2.49. The van der Waals surface area contributed by atoms with E-state index in [-0.39, 0.29) is 11.3 Å². The van der Waals surface area contributed by atoms with Crippen molar-refractivity contribution in [2.75, 3.05) is 6.61 Å². The highest BCUT2D eigenvalue weighted by atomic mass is 16.5. The Labute approximate surface area is 162 Å². The van der Waals surface area contributed by atoms with E-state index < -0.39 is 0 Å². The molecule has 2 rings (SSSR count). The van der Waals surface area contributed by atoms with Gasteiger partial charge in [-0.15, -0.1) is 0 Å². The lowest BCUT2D eigenvalue weighted by molar-refractivity contribution is -0.140. The van der Waals surface area contributed by atoms with E-state index in [2.05, 4.69) is 13.8 Å². The Morgan fingerprint density at radius 1 is 0.923 bits per heavy atom. The Morgan fingerprint density at radius 3 is 2.27 bits per heavy atom. The van der Waals surface area contributed by atoms with Gasteiger partial charge < -0.3 is 4.74 Å². The summed E-state index contributed by atoms with van der Waals surface area (Å²) in [6.07, 6.45) is 21.2. The summed E-state index contributed by atoms with van der Waals surface area (Å²) in [5.74, 6) is 0.838. The van der Waals surface area contributed by atoms with Gasteiger partial charge in [-0.2, -0.15) is 0 Å². The zero-order chi connectivity index (χ0) is 18.7. The SMILES string of the molecule is CCCCCC(OCC)C1(C2CCCCCCC2=O)CCCCCCC1. The van der Waals surface area contributed by atoms with Crippen LogP contribution >= 0.6 is 0 Å². The van der Waals surface area contributed by atoms with Crippen molar-refractivity contribution >= 4 is 5.78 Å². The minimum absolute atomic E-state index is 0.124. The van der Waals surface area contributed by atoms with Gasteiger partial charge in [-0.25, -0.2) is 0 Å². The molecule has 0 aliphatic heterocycles. The highest BCUT2D eigenvalue weighted by Gasteiger charge is 2.47. The van der Waals surface area contributed by atoms with Crippen LogP contribution < -0.4 is 0 Å². The van der Waals surface area contributed by atoms with Gasteiger partial charge in [0.1, 0.15) is 5.78 Å². The van der Waals surface area contributed by atoms with Crippen molar-refractivity contribution in [1.82, 2.24) is 0 Å². The standard InChI is InChI=1S/C24H44O2/c1-3-5-11-18-23(26-4-2)24(19-14-9-6-10-15-20-24)21-16-12-7-8-13-17-22(21)25/h21,23H,3-20H2,1-2H3. The Bertz CT molecular complexity index is 382. The summed E-state index contributed by atoms with van der Waals surface area (Å²) in [7, 11) is 0. The third-order valence-electron chi connectivity index (χ3n) is 7.11. The van der Waals surface area contributed by atoms with Gasteiger partial charge in [-0.05, 0) is 39.0 Å². The molecule has 0 N–H and O–H groups in total. The van der Waals surface area contributed by atoms with Crippen molar-refractivity contribution in [2.45, 2.75) is 129 Å². The number of Topliss-reactive ketones (excluding diaryl/α,β-unsaturated/α-hetero) is 1. The fraction of sp³-hybridized carbons (Fsp3) is 0.958. The molecule has 0 saturated heterocycles. The summed E-state index contributed by atoms with van der Waals surface area (Å²) < 4.78 is 6.45. The summed E-state index contributed by atoms with van der Waals surface area (Å²) in [6, 6.07) is 0. The molecule has 0 aromatic rings. The monoisotopic (exact) mass is 364 g/mol. The first-order valence-electron chi connectivity index (χ1n) is 11.9. The molecule has 2 nitrogen and oxygen atoms in total. The minimum Gasteiger partial charge on any atom is -0.378 e. The fourth-order valence-electron chi connectivity index (χ4n) is 5.72. The second-order valence-electron chi connectivity index (χ2n) is 8.91. The molecular formula is C24H44O2. The van der Waals surface area contributed by atoms with Crippen molar-refractivity contribution in [3.8, 4) is 0 Å². The number of carbonyl (C=O) groups is 1. The Kier molecular flexibility index (Phi) is 10.3. The summed E-state index contributed by atoms with van der Waals surface area (Å²) in [5, 5.41) is 0. The van der Waals surface area contributed by atoms with Gasteiger partial charge in [0.2, 0.25) is 0 Å². The van der Waals surface area contributed by atoms with Crippen LogP contribution in [0, 0.1) is 11.3 Å². The van der Waals surface area contributed by atoms with Gasteiger partial charge >= 0.3 is 0 Å². The van der Waals surface area contributed by atoms with Crippen molar-refractivity contribution < 1.29 is 9.53 Å². The molecule has 2 unspecified atom stereocenters. The van der Waals surface area contributed by atoms with Crippen LogP contribution in [0.5, 0.6) is 0 Å². The zero-order valence-corrected chi connectivity index (χ0v) is 17.7. The quantitative estimate of drug-likeness (QED) is 0.424. The molecule has 0 aromatic carbocycles. The number of carbonyl (C=O) groups excluding carboxylic acids is 1. The van der Waals surface area contributed by atoms with E-state index in [9.17, 15) is 4.79 Å². The lowest BCUT2D eigenvalue weighted by Gasteiger charge is -2.47. The summed E-state index contributed by atoms with van der Waals surface area (Å²) in [6.45, 7) is 5.21. The molecule has 0 amide bonds. The Hall–Kier alpha value is -0.370. The van der Waals surface area contributed by atoms with Gasteiger partial charge in [0.05, 0.1) is 6.10 Å². The predicted molar refractivity (Wildman–Crippen MR) is 111 cm³/mol. The number of hydrogen-bond acceptors (Lipinski definition) is 2. The van der Waals surface area contributed by atoms with E-state index in [1.807, 2.05) is 0 Å². The maximum Gasteiger partial charge on any atom is 0.136 e. The van der Waals surface area contributed by atoms with Crippen LogP contribution in [0.2, 0.25) is 0 Å². The predicted octanol–water partition coefficient (Wildman–Crippen LogP) is 7.24. The molecule has 2 atom stereocenters. The average Bonchev–Trinajstić information content (AvgIpc) is 2.59. The first-order valence-corrected chi connectivity index (χ1v) is 11.9. The number of rotatable bonds is 8. The maximum atomic E-state index is 13.3. The minimum atomic E-state index is 0.124. The first-order chi connectivity index (χ1) is 12.7. The molecule has 26 heavy (non-hydrogen) atoms. The summed E-state index contributed by atoms with van der Waals surface area (Å²) >= 11 is 0. The zero-order valence-electron chi connectivity index (χ0n) is 17.7. The number of ether oxygens (including phenoxy) is 1. The second-order valence-corrected chi connectivity index (χ2v) is 8.91. The van der Waals surface area contributed by atoms with Gasteiger partial charge in [0.15, 0.2) is 0 Å². The number of ketones is 1. The molecule has 2 heteroatoms. The van der Waals surface area contributed by atoms with Gasteiger partial charge in [-0.1, -0.05) is 77.6 Å². The van der Waals surface area contributed by atoms with Crippen molar-refractivity contribution in [2.24, 2.45) is 11.3 Å². The normalized spacial score (nSPS) is 26.4. The van der Waals surface area contributed by atoms with E-state index in [4.69, 9.17) is 4.74 Å². The van der Waals surface area contributed by atoms with E-state index in [0.717, 1.165) is 32.3 Å². The largest absolute Gasteiger partial charge is 0.378 e. The molecule has 2 fully saturated rings. The maximum absolute atomic E-state index is 13.3. The van der Waals surface area contributed by atoms with Gasteiger partial charge in [-0.3, -0.25) is 4.79 Å². The van der Waals surface area contributed by atoms with Crippen molar-refractivity contribution in [3.63, 3.8) is 0 Å². The number of unbranched alkanes of at least 4 members (excludes halogenated alkanes) is 2. The van der Waals surface area contributed by atoms with Crippen LogP contribution in [0.15, 0.2) is 0 Å². The molecule has 2 aliphatic carbocycles. The Morgan fingerprint density at radius 2 is 1.58 bits per heavy atom. The third kappa shape index (κ3) is 6.08. The number of hydrogen-bond donors (Lipinski definition) is 0. The smallest absolute Gasteiger partial charge is 0.136 e. The lowest BCUT2D eigenvalue weighted by atomic mass is 9.60. The van der Waals surface area contributed by atoms with Gasteiger partial charge in [0.25, 0.3) is 0 Å². The first kappa shape index (κ1) is 21.9. The van der Waals surface area contributed by atoms with Crippen LogP contribution in [-0.4, -0.2) is 18.5 Å². The van der Waals surface area contributed by atoms with Crippen LogP contribution in [0.4, 0.5) is 0 Å². The van der Waals surface area contributed by atoms with Crippen LogP contribution in [-0.2, 0) is 9.53 Å². The van der Waals surface area contributed by atoms with E-state index >= 15 is 0 Å². The van der Waals surface area contributed by atoms with E-state index in [1.165, 1.54) is 83.5 Å². The molecule has 0 spiro atoms. The molecule has 0 radical (unpaired) electrons. The second kappa shape index (κ2) is 12.2. The molecule has 0 aromatic heterocycles. The third-order valence-corrected chi connectivity index (χ3v) is 7.11. The molecule has 2 aliphatic rings. The Balaban J connectivity index is 2.28. The lowest BCUT2D eigenvalue weighted by Crippen LogP contribution is -2.47. The summed E-state index contributed by atoms with van der Waals surface area (Å²) in [4.78, 5) is 13.3. The topological polar surface area (TPSA) is 26.3 Å². The molecule has 2 saturated carbocycles. The van der Waals surface area contributed by atoms with Crippen molar-refractivity contribution in [3.05, 3.63) is 0 Å². The van der Waals surface area contributed by atoms with Crippen LogP contribution in [0.3, 0.4) is 0 Å². The van der Waals surface area contributed by atoms with Gasteiger partial charge in [0, 0.05) is 24.4 Å². The van der Waals surface area contributed by atoms with E-state index in [0.29, 0.717) is 11.9 Å². The molecule has 0 bridgehead atoms. The van der Waals surface area contributed by atoms with E-state index in [1.54, 1.807) is 0 Å². The van der Waals surface area contributed by atoms with Crippen molar-refractivity contribution in [1.29, 1.82) is 0 Å².